The van der Waals surface area contributed by atoms with Crippen LogP contribution in [0.5, 0.6) is 0 Å². The van der Waals surface area contributed by atoms with Crippen molar-refractivity contribution in [1.82, 2.24) is 0 Å². The third kappa shape index (κ3) is 8.67. The maximum atomic E-state index is 2.47. The monoisotopic (exact) mass is 393 g/mol. The average molecular weight is 393 g/mol. The molecule has 3 unspecified atom stereocenters. The third-order valence-corrected chi connectivity index (χ3v) is 7.94. The largest absolute Gasteiger partial charge is 3.00 e. The van der Waals surface area contributed by atoms with E-state index in [1.165, 1.54) is 19.3 Å². The summed E-state index contributed by atoms with van der Waals surface area (Å²) in [6.07, 6.45) is 4.33. The van der Waals surface area contributed by atoms with Crippen molar-refractivity contribution in [3.63, 3.8) is 0 Å². The molecule has 0 aromatic rings. The first-order valence-electron chi connectivity index (χ1n) is 8.54. The second-order valence-electron chi connectivity index (χ2n) is 8.05. The summed E-state index contributed by atoms with van der Waals surface area (Å²) in [6, 6.07) is 0. The molecule has 1 fully saturated rings. The van der Waals surface area contributed by atoms with Crippen molar-refractivity contribution in [2.24, 2.45) is 17.3 Å². The molecule has 1 rings (SSSR count). The molecule has 0 aromatic heterocycles. The van der Waals surface area contributed by atoms with Crippen LogP contribution in [0.15, 0.2) is 0 Å². The van der Waals surface area contributed by atoms with Crippen molar-refractivity contribution >= 4 is 17.2 Å². The van der Waals surface area contributed by atoms with E-state index in [1.54, 1.807) is 0 Å². The van der Waals surface area contributed by atoms with Gasteiger partial charge in [0.2, 0.25) is 0 Å². The molecule has 23 heavy (non-hydrogen) atoms. The Morgan fingerprint density at radius 1 is 0.870 bits per heavy atom. The minimum atomic E-state index is 0. The van der Waals surface area contributed by atoms with Crippen LogP contribution in [0, 0.1) is 37.8 Å². The maximum Gasteiger partial charge on any atom is 3.00 e. The van der Waals surface area contributed by atoms with E-state index in [2.05, 4.69) is 55.4 Å². The molecule has 0 nitrogen and oxygen atoms in total. The van der Waals surface area contributed by atoms with Gasteiger partial charge in [0.1, 0.15) is 0 Å². The standard InChI is InChI=1S/C18H37P2.2CH3.Ti/c1-12(2)18(13(3)4)10-16(19-14(5)6)9-17(11-18)20-15(7)8;;;/h12-16,19-20H,9-11H2,1-8H3;2*1H3;/q3*-1;+3. The molecule has 0 N–H and O–H groups in total. The number of hydrogen-bond donors (Lipinski definition) is 0. The summed E-state index contributed by atoms with van der Waals surface area (Å²) in [5.74, 6) is 1.63. The molecule has 0 bridgehead atoms. The molecule has 0 spiro atoms. The van der Waals surface area contributed by atoms with Gasteiger partial charge >= 0.3 is 21.7 Å². The van der Waals surface area contributed by atoms with Gasteiger partial charge < -0.3 is 14.9 Å². The zero-order chi connectivity index (χ0) is 15.5. The maximum absolute atomic E-state index is 2.47. The molecule has 0 aliphatic heterocycles. The number of rotatable bonds is 6. The first-order valence-corrected chi connectivity index (χ1v) is 10.8. The summed E-state index contributed by atoms with van der Waals surface area (Å²) in [6.45, 7) is 19.5. The van der Waals surface area contributed by atoms with Gasteiger partial charge in [-0.1, -0.05) is 66.5 Å². The smallest absolute Gasteiger partial charge is 0.358 e. The predicted molar refractivity (Wildman–Crippen MR) is 113 cm³/mol. The minimum Gasteiger partial charge on any atom is -0.358 e. The zero-order valence-electron chi connectivity index (χ0n) is 17.5. The normalized spacial score (nSPS) is 22.2. The summed E-state index contributed by atoms with van der Waals surface area (Å²) in [7, 11) is 2.25. The van der Waals surface area contributed by atoms with Crippen molar-refractivity contribution in [2.45, 2.75) is 91.6 Å². The zero-order valence-corrected chi connectivity index (χ0v) is 21.1. The SMILES string of the molecule is CC(C)P[C-]1CC(PC(C)C)CC(C(C)C)(C(C)C)C1.[CH3-].[CH3-].[Ti+3]. The molecule has 137 valence electrons. The van der Waals surface area contributed by atoms with E-state index >= 15 is 0 Å². The Kier molecular flexibility index (Phi) is 16.4. The van der Waals surface area contributed by atoms with Gasteiger partial charge in [-0.25, -0.2) is 0 Å². The second-order valence-corrected chi connectivity index (χ2v) is 12.5. The Hall–Kier alpha value is 1.57. The van der Waals surface area contributed by atoms with E-state index in [1.807, 2.05) is 5.66 Å². The quantitative estimate of drug-likeness (QED) is 0.250. The second kappa shape index (κ2) is 12.9. The van der Waals surface area contributed by atoms with Crippen molar-refractivity contribution < 1.29 is 21.7 Å². The van der Waals surface area contributed by atoms with Crippen molar-refractivity contribution in [3.05, 3.63) is 20.5 Å². The van der Waals surface area contributed by atoms with Crippen LogP contribution in [0.1, 0.15) is 74.7 Å². The van der Waals surface area contributed by atoms with E-state index in [0.29, 0.717) is 5.41 Å². The minimum absolute atomic E-state index is 0. The Morgan fingerprint density at radius 3 is 1.70 bits per heavy atom. The fraction of sp³-hybridized carbons (Fsp3) is 0.850. The summed E-state index contributed by atoms with van der Waals surface area (Å²) < 4.78 is 0. The summed E-state index contributed by atoms with van der Waals surface area (Å²) in [5, 5.41) is 0. The van der Waals surface area contributed by atoms with Crippen LogP contribution in [0.25, 0.3) is 0 Å². The first kappa shape index (κ1) is 29.3. The van der Waals surface area contributed by atoms with E-state index in [4.69, 9.17) is 0 Å². The molecule has 3 atom stereocenters. The van der Waals surface area contributed by atoms with Crippen molar-refractivity contribution in [1.29, 1.82) is 0 Å². The topological polar surface area (TPSA) is 0 Å². The van der Waals surface area contributed by atoms with E-state index < -0.39 is 0 Å². The molecule has 1 radical (unpaired) electrons. The Morgan fingerprint density at radius 2 is 1.35 bits per heavy atom. The van der Waals surface area contributed by atoms with Crippen molar-refractivity contribution in [3.8, 4) is 0 Å². The molecule has 3 heteroatoms. The van der Waals surface area contributed by atoms with E-state index in [9.17, 15) is 0 Å². The van der Waals surface area contributed by atoms with Crippen LogP contribution < -0.4 is 0 Å². The van der Waals surface area contributed by atoms with Gasteiger partial charge in [0, 0.05) is 0 Å². The average Bonchev–Trinajstić information content (AvgIpc) is 2.25. The van der Waals surface area contributed by atoms with Crippen LogP contribution >= 0.6 is 17.2 Å². The van der Waals surface area contributed by atoms with Crippen LogP contribution in [-0.2, 0) is 21.7 Å². The fourth-order valence-corrected chi connectivity index (χ4v) is 7.64. The van der Waals surface area contributed by atoms with E-state index in [-0.39, 0.29) is 36.6 Å². The van der Waals surface area contributed by atoms with Gasteiger partial charge in [-0.3, -0.25) is 14.2 Å². The van der Waals surface area contributed by atoms with Gasteiger partial charge in [0.25, 0.3) is 0 Å². The van der Waals surface area contributed by atoms with Crippen molar-refractivity contribution in [2.75, 3.05) is 0 Å². The third-order valence-electron chi connectivity index (χ3n) is 5.02. The van der Waals surface area contributed by atoms with E-state index in [0.717, 1.165) is 46.0 Å². The molecule has 0 amide bonds. The summed E-state index contributed by atoms with van der Waals surface area (Å²) >= 11 is 0. The molecule has 0 aromatic carbocycles. The summed E-state index contributed by atoms with van der Waals surface area (Å²) in [4.78, 5) is 0. The van der Waals surface area contributed by atoms with Crippen LogP contribution in [0.2, 0.25) is 0 Å². The Bertz CT molecular complexity index is 259. The van der Waals surface area contributed by atoms with Gasteiger partial charge in [0.15, 0.2) is 0 Å². The molecule has 1 aliphatic rings. The van der Waals surface area contributed by atoms with Crippen LogP contribution in [-0.4, -0.2) is 17.0 Å². The fourth-order valence-electron chi connectivity index (χ4n) is 4.02. The van der Waals surface area contributed by atoms with Gasteiger partial charge in [0.05, 0.1) is 0 Å². The number of hydrogen-bond acceptors (Lipinski definition) is 0. The van der Waals surface area contributed by atoms with Gasteiger partial charge in [-0.05, 0) is 29.6 Å². The van der Waals surface area contributed by atoms with Gasteiger partial charge in [-0.2, -0.15) is 12.8 Å². The molecular formula is C20H43P2Ti. The Balaban J connectivity index is -0.00000133. The Labute approximate surface area is 168 Å². The molecule has 0 saturated heterocycles. The predicted octanol–water partition coefficient (Wildman–Crippen LogP) is 7.44. The molecule has 0 heterocycles. The molecular weight excluding hydrogens is 350 g/mol. The summed E-state index contributed by atoms with van der Waals surface area (Å²) in [5.41, 5.74) is 5.17. The first-order chi connectivity index (χ1) is 9.17. The van der Waals surface area contributed by atoms with Crippen LogP contribution in [0.4, 0.5) is 0 Å². The molecule has 1 aliphatic carbocycles. The van der Waals surface area contributed by atoms with Gasteiger partial charge in [-0.15, -0.1) is 8.58 Å². The van der Waals surface area contributed by atoms with Crippen LogP contribution in [0.3, 0.4) is 0 Å². The molecule has 1 saturated carbocycles.